The van der Waals surface area contributed by atoms with E-state index in [0.717, 1.165) is 39.3 Å². The van der Waals surface area contributed by atoms with Gasteiger partial charge in [0.2, 0.25) is 0 Å². The van der Waals surface area contributed by atoms with Gasteiger partial charge in [-0.3, -0.25) is 14.5 Å². The fourth-order valence-electron chi connectivity index (χ4n) is 3.09. The Balaban J connectivity index is 2.00. The number of methoxy groups -OCH3 is 1. The molecule has 28 heavy (non-hydrogen) atoms. The largest absolute Gasteiger partial charge is 0.465 e. The van der Waals surface area contributed by atoms with Crippen molar-refractivity contribution < 1.29 is 19.1 Å². The number of hydrogen-bond acceptors (Lipinski definition) is 5. The Morgan fingerprint density at radius 3 is 2.71 bits per heavy atom. The number of ether oxygens (including phenoxy) is 1. The minimum Gasteiger partial charge on any atom is -0.465 e. The van der Waals surface area contributed by atoms with E-state index in [1.807, 2.05) is 30.5 Å². The molecular weight excluding hydrogens is 376 g/mol. The molecule has 2 amide bonds. The number of aromatic nitrogens is 1. The van der Waals surface area contributed by atoms with Crippen molar-refractivity contribution in [3.63, 3.8) is 0 Å². The van der Waals surface area contributed by atoms with Gasteiger partial charge in [0.1, 0.15) is 0 Å². The first-order valence-electron chi connectivity index (χ1n) is 8.44. The van der Waals surface area contributed by atoms with Crippen LogP contribution in [0.3, 0.4) is 0 Å². The molecule has 0 unspecified atom stereocenters. The molecule has 0 N–H and O–H groups in total. The number of aryl methyl sites for hydroxylation is 1. The van der Waals surface area contributed by atoms with Crippen LogP contribution in [0, 0.1) is 26.2 Å². The lowest BCUT2D eigenvalue weighted by Crippen LogP contribution is -2.28. The van der Waals surface area contributed by atoms with Gasteiger partial charge in [0.15, 0.2) is 0 Å². The van der Waals surface area contributed by atoms with Crippen LogP contribution in [0.25, 0.3) is 11.8 Å². The summed E-state index contributed by atoms with van der Waals surface area (Å²) in [5.74, 6) is 1.53. The van der Waals surface area contributed by atoms with Crippen LogP contribution in [0.5, 0.6) is 0 Å². The van der Waals surface area contributed by atoms with Crippen molar-refractivity contribution in [2.45, 2.75) is 13.8 Å². The molecule has 1 fully saturated rings. The van der Waals surface area contributed by atoms with Crippen LogP contribution >= 0.6 is 11.8 Å². The summed E-state index contributed by atoms with van der Waals surface area (Å²) in [4.78, 5) is 37.6. The molecule has 1 aliphatic heterocycles. The lowest BCUT2D eigenvalue weighted by atomic mass is 10.2. The van der Waals surface area contributed by atoms with Crippen molar-refractivity contribution in [1.82, 2.24) is 9.47 Å². The first-order chi connectivity index (χ1) is 13.4. The van der Waals surface area contributed by atoms with E-state index in [1.54, 1.807) is 24.3 Å². The molecule has 3 rings (SSSR count). The summed E-state index contributed by atoms with van der Waals surface area (Å²) in [6.45, 7) is 3.80. The normalized spacial score (nSPS) is 15.2. The number of hydrogen-bond donors (Lipinski definition) is 0. The first-order valence-corrected chi connectivity index (χ1v) is 9.25. The molecule has 0 saturated carbocycles. The summed E-state index contributed by atoms with van der Waals surface area (Å²) in [7, 11) is 1.34. The van der Waals surface area contributed by atoms with Gasteiger partial charge in [0.25, 0.3) is 11.1 Å². The highest BCUT2D eigenvalue weighted by molar-refractivity contribution is 8.18. The van der Waals surface area contributed by atoms with Crippen LogP contribution in [-0.4, -0.2) is 40.2 Å². The van der Waals surface area contributed by atoms with Crippen LogP contribution in [0.15, 0.2) is 35.2 Å². The lowest BCUT2D eigenvalue weighted by Gasteiger charge is -2.11. The molecule has 7 heteroatoms. The minimum absolute atomic E-state index is 0.0403. The van der Waals surface area contributed by atoms with Gasteiger partial charge in [0, 0.05) is 17.1 Å². The molecule has 1 aromatic heterocycles. The Morgan fingerprint density at radius 1 is 1.29 bits per heavy atom. The van der Waals surface area contributed by atoms with E-state index < -0.39 is 5.97 Å². The van der Waals surface area contributed by atoms with Gasteiger partial charge in [-0.2, -0.15) is 0 Å². The first kappa shape index (κ1) is 19.5. The highest BCUT2D eigenvalue weighted by atomic mass is 32.2. The van der Waals surface area contributed by atoms with Crippen LogP contribution in [0.1, 0.15) is 27.3 Å². The van der Waals surface area contributed by atoms with Crippen LogP contribution in [-0.2, 0) is 9.53 Å². The third-order valence-electron chi connectivity index (χ3n) is 4.41. The maximum atomic E-state index is 12.4. The van der Waals surface area contributed by atoms with Crippen molar-refractivity contribution in [3.8, 4) is 18.0 Å². The Morgan fingerprint density at radius 2 is 2.04 bits per heavy atom. The average molecular weight is 394 g/mol. The maximum absolute atomic E-state index is 12.4. The smallest absolute Gasteiger partial charge is 0.337 e. The van der Waals surface area contributed by atoms with Crippen molar-refractivity contribution >= 4 is 35.0 Å². The molecule has 2 aromatic rings. The average Bonchev–Trinajstić information content (AvgIpc) is 3.11. The molecule has 1 aliphatic rings. The molecular formula is C21H18N2O4S. The molecule has 0 aliphatic carbocycles. The van der Waals surface area contributed by atoms with E-state index in [0.29, 0.717) is 10.5 Å². The Bertz CT molecular complexity index is 1060. The fourth-order valence-corrected chi connectivity index (χ4v) is 3.92. The highest BCUT2D eigenvalue weighted by Crippen LogP contribution is 2.33. The molecule has 1 aromatic carbocycles. The number of benzene rings is 1. The zero-order valence-electron chi connectivity index (χ0n) is 15.7. The van der Waals surface area contributed by atoms with Gasteiger partial charge in [-0.25, -0.2) is 4.79 Å². The Labute approximate surface area is 167 Å². The number of terminal acetylenes is 1. The maximum Gasteiger partial charge on any atom is 0.337 e. The second-order valence-corrected chi connectivity index (χ2v) is 7.17. The summed E-state index contributed by atoms with van der Waals surface area (Å²) in [5, 5.41) is -0.367. The predicted octanol–water partition coefficient (Wildman–Crippen LogP) is 3.55. The van der Waals surface area contributed by atoms with Crippen LogP contribution < -0.4 is 0 Å². The highest BCUT2D eigenvalue weighted by Gasteiger charge is 2.34. The summed E-state index contributed by atoms with van der Waals surface area (Å²) in [5.41, 5.74) is 3.87. The summed E-state index contributed by atoms with van der Waals surface area (Å²) in [6, 6.07) is 9.03. The van der Waals surface area contributed by atoms with Crippen LogP contribution in [0.2, 0.25) is 0 Å². The number of imide groups is 1. The molecule has 0 radical (unpaired) electrons. The second-order valence-electron chi connectivity index (χ2n) is 6.18. The molecule has 6 nitrogen and oxygen atoms in total. The Hall–Kier alpha value is -3.24. The van der Waals surface area contributed by atoms with Gasteiger partial charge < -0.3 is 9.30 Å². The van der Waals surface area contributed by atoms with E-state index in [2.05, 4.69) is 5.92 Å². The third-order valence-corrected chi connectivity index (χ3v) is 5.31. The predicted molar refractivity (Wildman–Crippen MR) is 108 cm³/mol. The van der Waals surface area contributed by atoms with E-state index >= 15 is 0 Å². The van der Waals surface area contributed by atoms with Gasteiger partial charge in [-0.1, -0.05) is 12.0 Å². The standard InChI is InChI=1S/C21H18N2O4S/c1-5-9-22-19(24)18(28-21(22)26)12-16-10-13(2)23(14(16)3)17-8-6-7-15(11-17)20(25)27-4/h1,6-8,10-12H,9H2,2-4H3/b18-12-. The topological polar surface area (TPSA) is 68.6 Å². The van der Waals surface area contributed by atoms with Gasteiger partial charge in [-0.15, -0.1) is 6.42 Å². The number of carbonyl (C=O) groups is 3. The number of carbonyl (C=O) groups excluding carboxylic acids is 3. The monoisotopic (exact) mass is 394 g/mol. The van der Waals surface area contributed by atoms with Crippen molar-refractivity contribution in [2.75, 3.05) is 13.7 Å². The van der Waals surface area contributed by atoms with Crippen LogP contribution in [0.4, 0.5) is 4.79 Å². The molecule has 142 valence electrons. The van der Waals surface area contributed by atoms with Crippen molar-refractivity contribution in [1.29, 1.82) is 0 Å². The van der Waals surface area contributed by atoms with Gasteiger partial charge in [0.05, 0.1) is 24.1 Å². The second kappa shape index (κ2) is 7.79. The van der Waals surface area contributed by atoms with Gasteiger partial charge in [-0.05, 0) is 61.5 Å². The zero-order chi connectivity index (χ0) is 20.4. The summed E-state index contributed by atoms with van der Waals surface area (Å²) >= 11 is 0.878. The van der Waals surface area contributed by atoms with E-state index in [4.69, 9.17) is 11.2 Å². The van der Waals surface area contributed by atoms with E-state index in [1.165, 1.54) is 7.11 Å². The van der Waals surface area contributed by atoms with E-state index in [-0.39, 0.29) is 17.7 Å². The third kappa shape index (κ3) is 3.47. The fraction of sp³-hybridized carbons (Fsp3) is 0.190. The minimum atomic E-state index is -0.410. The molecule has 0 spiro atoms. The van der Waals surface area contributed by atoms with Crippen molar-refractivity contribution in [3.05, 3.63) is 57.8 Å². The molecule has 2 heterocycles. The molecule has 0 atom stereocenters. The Kier molecular flexibility index (Phi) is 5.43. The number of nitrogens with zero attached hydrogens (tertiary/aromatic N) is 2. The number of rotatable bonds is 4. The van der Waals surface area contributed by atoms with Crippen molar-refractivity contribution in [2.24, 2.45) is 0 Å². The quantitative estimate of drug-likeness (QED) is 0.451. The SMILES string of the molecule is C#CCN1C(=O)S/C(=C\c2cc(C)n(-c3cccc(C(=O)OC)c3)c2C)C1=O. The zero-order valence-corrected chi connectivity index (χ0v) is 16.5. The number of esters is 1. The number of thioether (sulfide) groups is 1. The lowest BCUT2D eigenvalue weighted by molar-refractivity contribution is -0.122. The summed E-state index contributed by atoms with van der Waals surface area (Å²) < 4.78 is 6.76. The molecule has 0 bridgehead atoms. The molecule has 1 saturated heterocycles. The van der Waals surface area contributed by atoms with E-state index in [9.17, 15) is 14.4 Å². The number of amides is 2. The van der Waals surface area contributed by atoms with Gasteiger partial charge >= 0.3 is 5.97 Å². The summed E-state index contributed by atoms with van der Waals surface area (Å²) in [6.07, 6.45) is 6.92.